The van der Waals surface area contributed by atoms with Crippen LogP contribution in [0.3, 0.4) is 0 Å². The molecular weight excluding hydrogens is 332 g/mol. The van der Waals surface area contributed by atoms with E-state index < -0.39 is 5.41 Å². The summed E-state index contributed by atoms with van der Waals surface area (Å²) < 4.78 is 0. The average Bonchev–Trinajstić information content (AvgIpc) is 2.92. The lowest BCUT2D eigenvalue weighted by molar-refractivity contribution is -0.125. The van der Waals surface area contributed by atoms with Crippen LogP contribution in [-0.2, 0) is 16.6 Å². The molecule has 2 aromatic carbocycles. The van der Waals surface area contributed by atoms with Crippen LogP contribution in [-0.4, -0.2) is 17.4 Å². The van der Waals surface area contributed by atoms with Crippen LogP contribution in [0.15, 0.2) is 48.5 Å². The Bertz CT molecular complexity index is 894. The second-order valence-corrected chi connectivity index (χ2v) is 7.36. The van der Waals surface area contributed by atoms with Crippen molar-refractivity contribution in [3.8, 4) is 0 Å². The molecule has 0 fully saturated rings. The van der Waals surface area contributed by atoms with Crippen LogP contribution < -0.4 is 5.32 Å². The first-order valence-corrected chi connectivity index (χ1v) is 8.88. The number of nitrogens with one attached hydrogen (secondary N) is 2. The number of para-hydroxylation sites is 1. The number of amides is 1. The van der Waals surface area contributed by atoms with Gasteiger partial charge in [-0.2, -0.15) is 0 Å². The van der Waals surface area contributed by atoms with E-state index in [-0.39, 0.29) is 5.91 Å². The fraction of sp³-hybridized carbons (Fsp3) is 0.286. The number of aromatic amines is 1. The predicted molar refractivity (Wildman–Crippen MR) is 104 cm³/mol. The first kappa shape index (κ1) is 17.6. The van der Waals surface area contributed by atoms with Gasteiger partial charge >= 0.3 is 0 Å². The van der Waals surface area contributed by atoms with E-state index in [1.807, 2.05) is 63.2 Å². The van der Waals surface area contributed by atoms with Gasteiger partial charge in [-0.25, -0.2) is 0 Å². The molecule has 0 saturated heterocycles. The van der Waals surface area contributed by atoms with Crippen molar-refractivity contribution < 1.29 is 4.79 Å². The van der Waals surface area contributed by atoms with Crippen molar-refractivity contribution >= 4 is 28.4 Å². The number of fused-ring (bicyclic) bond motifs is 1. The van der Waals surface area contributed by atoms with Crippen molar-refractivity contribution in [1.29, 1.82) is 0 Å². The second-order valence-electron chi connectivity index (χ2n) is 6.93. The highest BCUT2D eigenvalue weighted by molar-refractivity contribution is 6.30. The molecular formula is C21H23ClN2O. The first-order valence-electron chi connectivity index (χ1n) is 8.50. The fourth-order valence-corrected chi connectivity index (χ4v) is 3.51. The average molecular weight is 355 g/mol. The van der Waals surface area contributed by atoms with Crippen molar-refractivity contribution in [2.75, 3.05) is 6.54 Å². The summed E-state index contributed by atoms with van der Waals surface area (Å²) in [7, 11) is 0. The van der Waals surface area contributed by atoms with Crippen LogP contribution >= 0.6 is 11.6 Å². The Morgan fingerprint density at radius 3 is 2.52 bits per heavy atom. The van der Waals surface area contributed by atoms with Crippen molar-refractivity contribution in [2.45, 2.75) is 32.6 Å². The summed E-state index contributed by atoms with van der Waals surface area (Å²) in [6.45, 7) is 6.59. The Morgan fingerprint density at radius 2 is 1.80 bits per heavy atom. The quantitative estimate of drug-likeness (QED) is 0.681. The number of aromatic nitrogens is 1. The van der Waals surface area contributed by atoms with E-state index in [4.69, 9.17) is 11.6 Å². The Hall–Kier alpha value is -2.26. The van der Waals surface area contributed by atoms with E-state index in [0.29, 0.717) is 6.54 Å². The van der Waals surface area contributed by atoms with Crippen LogP contribution in [0.4, 0.5) is 0 Å². The highest BCUT2D eigenvalue weighted by atomic mass is 35.5. The summed E-state index contributed by atoms with van der Waals surface area (Å²) in [5.74, 6) is 0.0364. The van der Waals surface area contributed by atoms with E-state index in [1.165, 1.54) is 0 Å². The lowest BCUT2D eigenvalue weighted by atomic mass is 9.81. The minimum absolute atomic E-state index is 0.0364. The predicted octanol–water partition coefficient (Wildman–Crippen LogP) is 4.77. The molecule has 1 amide bonds. The molecule has 4 heteroatoms. The summed E-state index contributed by atoms with van der Waals surface area (Å²) in [4.78, 5) is 16.2. The largest absolute Gasteiger partial charge is 0.358 e. The number of aryl methyl sites for hydroxylation is 1. The van der Waals surface area contributed by atoms with Gasteiger partial charge in [0.15, 0.2) is 0 Å². The second kappa shape index (κ2) is 6.93. The third-order valence-corrected chi connectivity index (χ3v) is 4.95. The summed E-state index contributed by atoms with van der Waals surface area (Å²) in [5, 5.41) is 4.92. The molecule has 2 N–H and O–H groups in total. The number of H-pyrrole nitrogens is 1. The zero-order chi connectivity index (χ0) is 18.0. The smallest absolute Gasteiger partial charge is 0.230 e. The molecule has 3 nitrogen and oxygen atoms in total. The van der Waals surface area contributed by atoms with Gasteiger partial charge in [0.1, 0.15) is 0 Å². The van der Waals surface area contributed by atoms with Crippen LogP contribution in [0.5, 0.6) is 0 Å². The van der Waals surface area contributed by atoms with Gasteiger partial charge in [0.2, 0.25) is 5.91 Å². The van der Waals surface area contributed by atoms with Crippen molar-refractivity contribution in [1.82, 2.24) is 10.3 Å². The maximum Gasteiger partial charge on any atom is 0.230 e. The van der Waals surface area contributed by atoms with E-state index in [9.17, 15) is 4.79 Å². The zero-order valence-electron chi connectivity index (χ0n) is 14.8. The molecule has 0 radical (unpaired) electrons. The van der Waals surface area contributed by atoms with E-state index in [0.717, 1.165) is 39.2 Å². The van der Waals surface area contributed by atoms with Gasteiger partial charge < -0.3 is 10.3 Å². The lowest BCUT2D eigenvalue weighted by Crippen LogP contribution is -2.41. The summed E-state index contributed by atoms with van der Waals surface area (Å²) >= 11 is 5.90. The van der Waals surface area contributed by atoms with Gasteiger partial charge in [-0.1, -0.05) is 41.9 Å². The molecule has 0 unspecified atom stereocenters. The van der Waals surface area contributed by atoms with Gasteiger partial charge in [-0.3, -0.25) is 4.79 Å². The Balaban J connectivity index is 1.73. The maximum atomic E-state index is 12.9. The van der Waals surface area contributed by atoms with Gasteiger partial charge in [0, 0.05) is 28.2 Å². The highest BCUT2D eigenvalue weighted by Gasteiger charge is 2.33. The Kier molecular flexibility index (Phi) is 4.87. The van der Waals surface area contributed by atoms with Gasteiger partial charge in [-0.05, 0) is 56.5 Å². The van der Waals surface area contributed by atoms with E-state index >= 15 is 0 Å². The molecule has 3 rings (SSSR count). The molecule has 25 heavy (non-hydrogen) atoms. The molecule has 0 aliphatic carbocycles. The number of benzene rings is 2. The van der Waals surface area contributed by atoms with Crippen molar-refractivity contribution in [3.05, 3.63) is 70.4 Å². The van der Waals surface area contributed by atoms with Crippen molar-refractivity contribution in [2.24, 2.45) is 0 Å². The highest BCUT2D eigenvalue weighted by Crippen LogP contribution is 2.33. The number of carbonyl (C=O) groups is 1. The first-order chi connectivity index (χ1) is 11.9. The van der Waals surface area contributed by atoms with Crippen LogP contribution in [0, 0.1) is 6.92 Å². The number of carbonyl (C=O) groups excluding carboxylic acids is 1. The molecule has 1 heterocycles. The third-order valence-electron chi connectivity index (χ3n) is 4.70. The van der Waals surface area contributed by atoms with E-state index in [2.05, 4.69) is 16.4 Å². The molecule has 0 bridgehead atoms. The molecule has 3 aromatic rings. The van der Waals surface area contributed by atoms with Gasteiger partial charge in [0.05, 0.1) is 5.41 Å². The number of halogens is 1. The lowest BCUT2D eigenvalue weighted by Gasteiger charge is -2.24. The molecule has 0 spiro atoms. The van der Waals surface area contributed by atoms with Crippen LogP contribution in [0.1, 0.15) is 30.7 Å². The minimum Gasteiger partial charge on any atom is -0.358 e. The maximum absolute atomic E-state index is 12.9. The van der Waals surface area contributed by atoms with Crippen LogP contribution in [0.2, 0.25) is 5.02 Å². The molecule has 0 atom stereocenters. The topological polar surface area (TPSA) is 44.9 Å². The molecule has 130 valence electrons. The number of hydrogen-bond donors (Lipinski definition) is 2. The molecule has 0 aliphatic heterocycles. The fourth-order valence-electron chi connectivity index (χ4n) is 3.39. The molecule has 0 saturated carbocycles. The SMILES string of the molecule is Cc1[nH]c2ccccc2c1C(C)(C)C(=O)NCCc1ccc(Cl)cc1. The summed E-state index contributed by atoms with van der Waals surface area (Å²) in [6, 6.07) is 15.8. The van der Waals surface area contributed by atoms with Crippen molar-refractivity contribution in [3.63, 3.8) is 0 Å². The normalized spacial score (nSPS) is 11.7. The zero-order valence-corrected chi connectivity index (χ0v) is 15.6. The molecule has 1 aromatic heterocycles. The molecule has 0 aliphatic rings. The number of rotatable bonds is 5. The third kappa shape index (κ3) is 3.57. The number of hydrogen-bond acceptors (Lipinski definition) is 1. The Labute approximate surface area is 153 Å². The summed E-state index contributed by atoms with van der Waals surface area (Å²) in [6.07, 6.45) is 0.784. The minimum atomic E-state index is -0.607. The summed E-state index contributed by atoms with van der Waals surface area (Å²) in [5.41, 5.74) is 3.72. The van der Waals surface area contributed by atoms with Gasteiger partial charge in [-0.15, -0.1) is 0 Å². The Morgan fingerprint density at radius 1 is 1.12 bits per heavy atom. The van der Waals surface area contributed by atoms with E-state index in [1.54, 1.807) is 0 Å². The monoisotopic (exact) mass is 354 g/mol. The standard InChI is InChI=1S/C21H23ClN2O/c1-14-19(17-6-4-5-7-18(17)24-14)21(2,3)20(25)23-13-12-15-8-10-16(22)11-9-15/h4-11,24H,12-13H2,1-3H3,(H,23,25). The van der Waals surface area contributed by atoms with Crippen LogP contribution in [0.25, 0.3) is 10.9 Å². The van der Waals surface area contributed by atoms with Gasteiger partial charge in [0.25, 0.3) is 0 Å².